The van der Waals surface area contributed by atoms with Gasteiger partial charge in [-0.15, -0.1) is 0 Å². The Morgan fingerprint density at radius 2 is 1.74 bits per heavy atom. The van der Waals surface area contributed by atoms with Gasteiger partial charge in [-0.3, -0.25) is 24.5 Å². The van der Waals surface area contributed by atoms with Crippen LogP contribution in [0.4, 0.5) is 8.78 Å². The fourth-order valence-corrected chi connectivity index (χ4v) is 4.37. The summed E-state index contributed by atoms with van der Waals surface area (Å²) in [5.74, 6) is -6.65. The number of carbonyl (C=O) groups is 4. The van der Waals surface area contributed by atoms with Crippen LogP contribution in [0.25, 0.3) is 0 Å². The third kappa shape index (κ3) is 4.88. The summed E-state index contributed by atoms with van der Waals surface area (Å²) in [5.41, 5.74) is 1.80. The van der Waals surface area contributed by atoms with Crippen molar-refractivity contribution in [3.05, 3.63) is 70.3 Å². The topological polar surface area (TPSA) is 83.6 Å². The van der Waals surface area contributed by atoms with Gasteiger partial charge in [-0.2, -0.15) is 8.78 Å². The molecule has 2 aliphatic rings. The Morgan fingerprint density at radius 1 is 1.09 bits per heavy atom. The van der Waals surface area contributed by atoms with Gasteiger partial charge in [-0.1, -0.05) is 57.2 Å². The second kappa shape index (κ2) is 8.98. The minimum Gasteiger partial charge on any atom is -0.322 e. The first-order valence-corrected chi connectivity index (χ1v) is 11.5. The number of hydrogen-bond acceptors (Lipinski definition) is 4. The number of nitrogens with one attached hydrogen (secondary N) is 1. The third-order valence-corrected chi connectivity index (χ3v) is 6.51. The number of rotatable bonds is 6. The van der Waals surface area contributed by atoms with Crippen LogP contribution in [0.2, 0.25) is 0 Å². The fourth-order valence-electron chi connectivity index (χ4n) is 4.37. The largest absolute Gasteiger partial charge is 0.330 e. The number of carbonyl (C=O) groups excluding carboxylic acids is 4. The van der Waals surface area contributed by atoms with Crippen LogP contribution in [0, 0.1) is 0 Å². The number of fused-ring (bicyclic) bond motifs is 1. The molecule has 35 heavy (non-hydrogen) atoms. The molecule has 2 heterocycles. The molecule has 0 aromatic heterocycles. The third-order valence-electron chi connectivity index (χ3n) is 6.51. The summed E-state index contributed by atoms with van der Waals surface area (Å²) in [5, 5.41) is 2.11. The Morgan fingerprint density at radius 3 is 2.37 bits per heavy atom. The summed E-state index contributed by atoms with van der Waals surface area (Å²) in [7, 11) is 0. The molecule has 6 nitrogen and oxygen atoms in total. The van der Waals surface area contributed by atoms with Crippen LogP contribution in [0.5, 0.6) is 0 Å². The zero-order chi connectivity index (χ0) is 26.5. The second-order valence-corrected chi connectivity index (χ2v) is 10.0. The molecule has 2 aromatic rings. The van der Waals surface area contributed by atoms with E-state index in [2.05, 4.69) is 5.32 Å². The van der Waals surface area contributed by atoms with Crippen molar-refractivity contribution in [2.75, 3.05) is 0 Å². The number of imide groups is 1. The molecule has 1 fully saturated rings. The number of alkyl halides is 2. The minimum absolute atomic E-state index is 0.0165. The predicted octanol–water partition coefficient (Wildman–Crippen LogP) is 4.04. The highest BCUT2D eigenvalue weighted by Crippen LogP contribution is 2.33. The van der Waals surface area contributed by atoms with Crippen LogP contribution in [0.1, 0.15) is 74.0 Å². The summed E-state index contributed by atoms with van der Waals surface area (Å²) in [6, 6.07) is 8.67. The standard InChI is InChI=1S/C27H28F2N2O4/c1-26(2,3)18-6-8-19(9-7-18)27(28,29)22(32)12-5-16-4-10-20-17(14-16)15-31(25(20)35)21-11-13-23(33)30-24(21)34/h4,6-10,14,21H,5,11-13,15H2,1-3H3,(H,30,33,34)/t21-/m0/s1/i21D. The van der Waals surface area contributed by atoms with Gasteiger partial charge in [-0.25, -0.2) is 0 Å². The van der Waals surface area contributed by atoms with Crippen LogP contribution >= 0.6 is 0 Å². The number of Topliss-reactive ketones (excluding diaryl/α,β-unsaturated/α-hetero) is 1. The monoisotopic (exact) mass is 483 g/mol. The molecule has 1 atom stereocenters. The smallest absolute Gasteiger partial charge is 0.322 e. The molecule has 0 radical (unpaired) electrons. The number of piperidine rings is 1. The average Bonchev–Trinajstić information content (AvgIpc) is 3.16. The van der Waals surface area contributed by atoms with Crippen LogP contribution < -0.4 is 5.32 Å². The van der Waals surface area contributed by atoms with E-state index in [-0.39, 0.29) is 36.8 Å². The molecule has 2 aromatic carbocycles. The zero-order valence-corrected chi connectivity index (χ0v) is 19.9. The van der Waals surface area contributed by atoms with E-state index in [0.29, 0.717) is 16.7 Å². The second-order valence-electron chi connectivity index (χ2n) is 10.0. The Kier molecular flexibility index (Phi) is 5.99. The van der Waals surface area contributed by atoms with Gasteiger partial charge in [0.15, 0.2) is 0 Å². The van der Waals surface area contributed by atoms with Crippen molar-refractivity contribution in [1.82, 2.24) is 10.2 Å². The summed E-state index contributed by atoms with van der Waals surface area (Å²) in [6.07, 6.45) is -0.491. The van der Waals surface area contributed by atoms with Crippen molar-refractivity contribution in [3.63, 3.8) is 0 Å². The molecular formula is C27H28F2N2O4. The van der Waals surface area contributed by atoms with Crippen molar-refractivity contribution in [3.8, 4) is 0 Å². The first-order valence-electron chi connectivity index (χ1n) is 12.0. The molecule has 1 saturated heterocycles. The van der Waals surface area contributed by atoms with Gasteiger partial charge in [0.05, 0.1) is 1.37 Å². The van der Waals surface area contributed by atoms with E-state index in [1.807, 2.05) is 20.8 Å². The minimum atomic E-state index is -3.62. The SMILES string of the molecule is [2H][C@]1(N2Cc3cc(CCC(=O)C(F)(F)c4ccc(C(C)(C)C)cc4)ccc3C2=O)CCC(=O)NC1=O. The van der Waals surface area contributed by atoms with Gasteiger partial charge < -0.3 is 4.90 Å². The lowest BCUT2D eigenvalue weighted by molar-refractivity contribution is -0.144. The van der Waals surface area contributed by atoms with Gasteiger partial charge in [0, 0.05) is 30.5 Å². The lowest BCUT2D eigenvalue weighted by atomic mass is 9.86. The summed E-state index contributed by atoms with van der Waals surface area (Å²) < 4.78 is 38.2. The molecule has 0 unspecified atom stereocenters. The van der Waals surface area contributed by atoms with Crippen LogP contribution in [-0.2, 0) is 38.7 Å². The molecule has 2 aliphatic heterocycles. The number of ketones is 1. The maximum Gasteiger partial charge on any atom is 0.330 e. The van der Waals surface area contributed by atoms with E-state index in [1.165, 1.54) is 18.2 Å². The Bertz CT molecular complexity index is 1250. The van der Waals surface area contributed by atoms with Gasteiger partial charge in [0.2, 0.25) is 17.6 Å². The summed E-state index contributed by atoms with van der Waals surface area (Å²) in [6.45, 7) is 5.91. The van der Waals surface area contributed by atoms with Crippen LogP contribution in [-0.4, -0.2) is 34.4 Å². The Hall–Kier alpha value is -3.42. The molecule has 8 heteroatoms. The molecule has 0 spiro atoms. The van der Waals surface area contributed by atoms with Crippen molar-refractivity contribution in [2.45, 2.75) is 70.4 Å². The normalized spacial score (nSPS) is 21.0. The molecule has 1 N–H and O–H groups in total. The number of halogens is 2. The zero-order valence-electron chi connectivity index (χ0n) is 20.9. The van der Waals surface area contributed by atoms with Crippen molar-refractivity contribution >= 4 is 23.5 Å². The van der Waals surface area contributed by atoms with Gasteiger partial charge in [-0.05, 0) is 41.0 Å². The number of amides is 3. The van der Waals surface area contributed by atoms with Crippen LogP contribution in [0.15, 0.2) is 42.5 Å². The quantitative estimate of drug-likeness (QED) is 0.629. The van der Waals surface area contributed by atoms with Crippen molar-refractivity contribution < 1.29 is 29.3 Å². The molecule has 3 amide bonds. The van der Waals surface area contributed by atoms with E-state index in [9.17, 15) is 28.0 Å². The van der Waals surface area contributed by atoms with Crippen molar-refractivity contribution in [2.24, 2.45) is 0 Å². The molecule has 0 saturated carbocycles. The highest BCUT2D eigenvalue weighted by Gasteiger charge is 2.41. The first-order chi connectivity index (χ1) is 16.7. The van der Waals surface area contributed by atoms with E-state index in [0.717, 1.165) is 10.5 Å². The van der Waals surface area contributed by atoms with Gasteiger partial charge in [0.1, 0.15) is 6.02 Å². The summed E-state index contributed by atoms with van der Waals surface area (Å²) >= 11 is 0. The molecule has 0 bridgehead atoms. The number of aryl methyl sites for hydroxylation is 1. The van der Waals surface area contributed by atoms with E-state index < -0.39 is 41.9 Å². The van der Waals surface area contributed by atoms with E-state index in [1.54, 1.807) is 24.3 Å². The van der Waals surface area contributed by atoms with E-state index >= 15 is 0 Å². The number of benzene rings is 2. The predicted molar refractivity (Wildman–Crippen MR) is 125 cm³/mol. The molecular weight excluding hydrogens is 454 g/mol. The van der Waals surface area contributed by atoms with Gasteiger partial charge in [0.25, 0.3) is 5.91 Å². The Balaban J connectivity index is 1.44. The lowest BCUT2D eigenvalue weighted by Crippen LogP contribution is -2.52. The number of hydrogen-bond donors (Lipinski definition) is 1. The molecule has 0 aliphatic carbocycles. The maximum atomic E-state index is 14.8. The number of nitrogens with zero attached hydrogens (tertiary/aromatic N) is 1. The summed E-state index contributed by atoms with van der Waals surface area (Å²) in [4.78, 5) is 50.2. The lowest BCUT2D eigenvalue weighted by Gasteiger charge is -2.29. The van der Waals surface area contributed by atoms with Crippen molar-refractivity contribution in [1.29, 1.82) is 0 Å². The van der Waals surface area contributed by atoms with Crippen LogP contribution in [0.3, 0.4) is 0 Å². The van der Waals surface area contributed by atoms with Gasteiger partial charge >= 0.3 is 5.92 Å². The highest BCUT2D eigenvalue weighted by atomic mass is 19.3. The molecule has 184 valence electrons. The highest BCUT2D eigenvalue weighted by molar-refractivity contribution is 6.05. The maximum absolute atomic E-state index is 14.8. The Labute approximate surface area is 204 Å². The average molecular weight is 484 g/mol. The van der Waals surface area contributed by atoms with E-state index in [4.69, 9.17) is 1.37 Å². The fraction of sp³-hybridized carbons (Fsp3) is 0.407. The first kappa shape index (κ1) is 23.3. The molecule has 4 rings (SSSR count).